The third-order valence-electron chi connectivity index (χ3n) is 2.34. The summed E-state index contributed by atoms with van der Waals surface area (Å²) in [6.45, 7) is 0. The normalized spacial score (nSPS) is 18.1. The molecule has 0 saturated carbocycles. The molecule has 3 N–H and O–H groups in total. The molecule has 5 heteroatoms. The summed E-state index contributed by atoms with van der Waals surface area (Å²) in [5.74, 6) is 0.0205. The molecule has 0 aromatic heterocycles. The standard InChI is InChI=1S/C11H11N3O2/c1-14-9(10(16)13-11(14)12)6-7-2-4-8(15)5-3-7/h2-6,15H,1H3,(H2,12,13,16). The van der Waals surface area contributed by atoms with Crippen LogP contribution in [0.15, 0.2) is 35.0 Å². The van der Waals surface area contributed by atoms with E-state index in [9.17, 15) is 4.79 Å². The molecule has 16 heavy (non-hydrogen) atoms. The Morgan fingerprint density at radius 1 is 1.38 bits per heavy atom. The summed E-state index contributed by atoms with van der Waals surface area (Å²) in [4.78, 5) is 16.6. The van der Waals surface area contributed by atoms with Gasteiger partial charge in [-0.05, 0) is 23.8 Å². The van der Waals surface area contributed by atoms with Crippen LogP contribution in [-0.4, -0.2) is 28.9 Å². The van der Waals surface area contributed by atoms with Crippen LogP contribution in [0, 0.1) is 0 Å². The van der Waals surface area contributed by atoms with Gasteiger partial charge in [-0.3, -0.25) is 4.79 Å². The number of carbonyl (C=O) groups is 1. The van der Waals surface area contributed by atoms with Gasteiger partial charge in [0.15, 0.2) is 0 Å². The number of nitrogens with two attached hydrogens (primary N) is 1. The van der Waals surface area contributed by atoms with Gasteiger partial charge in [-0.15, -0.1) is 0 Å². The average molecular weight is 217 g/mol. The molecule has 1 amide bonds. The van der Waals surface area contributed by atoms with Crippen LogP contribution < -0.4 is 5.73 Å². The maximum absolute atomic E-state index is 11.4. The molecule has 1 aliphatic heterocycles. The molecule has 0 radical (unpaired) electrons. The number of rotatable bonds is 1. The molecule has 1 heterocycles. The first kappa shape index (κ1) is 10.2. The van der Waals surface area contributed by atoms with Gasteiger partial charge in [0.2, 0.25) is 5.96 Å². The van der Waals surface area contributed by atoms with Crippen molar-refractivity contribution in [3.8, 4) is 5.75 Å². The summed E-state index contributed by atoms with van der Waals surface area (Å²) in [5, 5.41) is 9.12. The van der Waals surface area contributed by atoms with Crippen molar-refractivity contribution in [1.29, 1.82) is 0 Å². The van der Waals surface area contributed by atoms with Crippen LogP contribution >= 0.6 is 0 Å². The number of hydrogen-bond donors (Lipinski definition) is 2. The van der Waals surface area contributed by atoms with E-state index in [0.29, 0.717) is 5.70 Å². The maximum Gasteiger partial charge on any atom is 0.296 e. The summed E-state index contributed by atoms with van der Waals surface area (Å²) >= 11 is 0. The zero-order chi connectivity index (χ0) is 11.7. The van der Waals surface area contributed by atoms with E-state index >= 15 is 0 Å². The van der Waals surface area contributed by atoms with E-state index in [1.165, 1.54) is 4.90 Å². The summed E-state index contributed by atoms with van der Waals surface area (Å²) in [6, 6.07) is 6.52. The SMILES string of the molecule is CN1C(=Cc2ccc(O)cc2)C(=O)N=C1N. The molecule has 1 aromatic carbocycles. The van der Waals surface area contributed by atoms with Crippen molar-refractivity contribution in [2.75, 3.05) is 7.05 Å². The number of carbonyl (C=O) groups excluding carboxylic acids is 1. The Balaban J connectivity index is 2.32. The zero-order valence-corrected chi connectivity index (χ0v) is 8.71. The zero-order valence-electron chi connectivity index (χ0n) is 8.71. The van der Waals surface area contributed by atoms with Gasteiger partial charge in [0.25, 0.3) is 5.91 Å². The topological polar surface area (TPSA) is 78.9 Å². The summed E-state index contributed by atoms with van der Waals surface area (Å²) in [7, 11) is 1.68. The first-order valence-electron chi connectivity index (χ1n) is 4.71. The van der Waals surface area contributed by atoms with Crippen molar-refractivity contribution in [2.45, 2.75) is 0 Å². The van der Waals surface area contributed by atoms with Crippen LogP contribution in [0.25, 0.3) is 6.08 Å². The number of guanidine groups is 1. The second kappa shape index (κ2) is 3.69. The number of nitrogens with zero attached hydrogens (tertiary/aromatic N) is 2. The van der Waals surface area contributed by atoms with Crippen LogP contribution in [-0.2, 0) is 4.79 Å². The molecular formula is C11H11N3O2. The lowest BCUT2D eigenvalue weighted by molar-refractivity contribution is -0.114. The maximum atomic E-state index is 11.4. The Morgan fingerprint density at radius 3 is 2.50 bits per heavy atom. The number of phenolic OH excluding ortho intramolecular Hbond substituents is 1. The van der Waals surface area contributed by atoms with Crippen LogP contribution in [0.4, 0.5) is 0 Å². The van der Waals surface area contributed by atoms with Crippen molar-refractivity contribution in [2.24, 2.45) is 10.7 Å². The fraction of sp³-hybridized carbons (Fsp3) is 0.0909. The number of amides is 1. The largest absolute Gasteiger partial charge is 0.508 e. The van der Waals surface area contributed by atoms with Crippen LogP contribution in [0.5, 0.6) is 5.75 Å². The Bertz CT molecular complexity index is 488. The van der Waals surface area contributed by atoms with Crippen LogP contribution in [0.1, 0.15) is 5.56 Å². The van der Waals surface area contributed by atoms with E-state index in [4.69, 9.17) is 10.8 Å². The molecule has 0 bridgehead atoms. The molecule has 1 aromatic rings. The number of hydrogen-bond acceptors (Lipinski definition) is 4. The van der Waals surface area contributed by atoms with Gasteiger partial charge in [-0.1, -0.05) is 12.1 Å². The van der Waals surface area contributed by atoms with Gasteiger partial charge in [-0.25, -0.2) is 0 Å². The van der Waals surface area contributed by atoms with Crippen molar-refractivity contribution in [1.82, 2.24) is 4.90 Å². The lowest BCUT2D eigenvalue weighted by atomic mass is 10.2. The van der Waals surface area contributed by atoms with E-state index < -0.39 is 0 Å². The van der Waals surface area contributed by atoms with Gasteiger partial charge < -0.3 is 15.7 Å². The van der Waals surface area contributed by atoms with E-state index in [1.807, 2.05) is 0 Å². The second-order valence-electron chi connectivity index (χ2n) is 3.46. The predicted molar refractivity (Wildman–Crippen MR) is 60.5 cm³/mol. The van der Waals surface area contributed by atoms with Crippen molar-refractivity contribution in [3.05, 3.63) is 35.5 Å². The second-order valence-corrected chi connectivity index (χ2v) is 3.46. The molecule has 82 valence electrons. The highest BCUT2D eigenvalue weighted by Crippen LogP contribution is 2.17. The number of aliphatic imine (C=N–C) groups is 1. The fourth-order valence-electron chi connectivity index (χ4n) is 1.39. The lowest BCUT2D eigenvalue weighted by Crippen LogP contribution is -2.28. The Labute approximate surface area is 92.5 Å². The average Bonchev–Trinajstić information content (AvgIpc) is 2.48. The molecule has 1 aliphatic rings. The van der Waals surface area contributed by atoms with Crippen LogP contribution in [0.3, 0.4) is 0 Å². The molecule has 5 nitrogen and oxygen atoms in total. The minimum absolute atomic E-state index is 0.184. The molecule has 0 atom stereocenters. The van der Waals surface area contributed by atoms with E-state index in [1.54, 1.807) is 37.4 Å². The number of benzene rings is 1. The van der Waals surface area contributed by atoms with Crippen molar-refractivity contribution < 1.29 is 9.90 Å². The predicted octanol–water partition coefficient (Wildman–Crippen LogP) is 0.520. The van der Waals surface area contributed by atoms with Crippen molar-refractivity contribution >= 4 is 17.9 Å². The highest BCUT2D eigenvalue weighted by molar-refractivity contribution is 6.11. The minimum Gasteiger partial charge on any atom is -0.508 e. The lowest BCUT2D eigenvalue weighted by Gasteiger charge is -2.10. The van der Waals surface area contributed by atoms with Gasteiger partial charge >= 0.3 is 0 Å². The van der Waals surface area contributed by atoms with Gasteiger partial charge in [0, 0.05) is 7.05 Å². The number of likely N-dealkylation sites (N-methyl/N-ethyl adjacent to an activating group) is 1. The smallest absolute Gasteiger partial charge is 0.296 e. The highest BCUT2D eigenvalue weighted by Gasteiger charge is 2.23. The highest BCUT2D eigenvalue weighted by atomic mass is 16.3. The van der Waals surface area contributed by atoms with Crippen molar-refractivity contribution in [3.63, 3.8) is 0 Å². The summed E-state index contributed by atoms with van der Waals surface area (Å²) in [5.41, 5.74) is 6.73. The van der Waals surface area contributed by atoms with Gasteiger partial charge in [-0.2, -0.15) is 4.99 Å². The molecule has 0 fully saturated rings. The first-order valence-corrected chi connectivity index (χ1v) is 4.71. The monoisotopic (exact) mass is 217 g/mol. The third kappa shape index (κ3) is 1.75. The summed E-state index contributed by atoms with van der Waals surface area (Å²) in [6.07, 6.45) is 1.67. The van der Waals surface area contributed by atoms with Crippen LogP contribution in [0.2, 0.25) is 0 Å². The fourth-order valence-corrected chi connectivity index (χ4v) is 1.39. The summed E-state index contributed by atoms with van der Waals surface area (Å²) < 4.78 is 0. The number of phenols is 1. The van der Waals surface area contributed by atoms with Gasteiger partial charge in [0.05, 0.1) is 0 Å². The van der Waals surface area contributed by atoms with E-state index in [2.05, 4.69) is 4.99 Å². The van der Waals surface area contributed by atoms with Gasteiger partial charge in [0.1, 0.15) is 11.4 Å². The third-order valence-corrected chi connectivity index (χ3v) is 2.34. The molecule has 0 spiro atoms. The quantitative estimate of drug-likeness (QED) is 0.672. The Hall–Kier alpha value is -2.30. The minimum atomic E-state index is -0.354. The number of aromatic hydroxyl groups is 1. The van der Waals surface area contributed by atoms with E-state index in [-0.39, 0.29) is 17.6 Å². The molecule has 0 saturated heterocycles. The molecule has 0 unspecified atom stereocenters. The molecule has 0 aliphatic carbocycles. The Morgan fingerprint density at radius 2 is 2.00 bits per heavy atom. The Kier molecular flexibility index (Phi) is 2.36. The molecule has 2 rings (SSSR count). The molecular weight excluding hydrogens is 206 g/mol. The first-order chi connectivity index (χ1) is 7.58. The van der Waals surface area contributed by atoms with E-state index in [0.717, 1.165) is 5.56 Å².